The van der Waals surface area contributed by atoms with Gasteiger partial charge in [-0.2, -0.15) is 0 Å². The summed E-state index contributed by atoms with van der Waals surface area (Å²) in [4.78, 5) is 4.00. The van der Waals surface area contributed by atoms with Gasteiger partial charge in [-0.25, -0.2) is 4.39 Å². The lowest BCUT2D eigenvalue weighted by molar-refractivity contribution is 0.390. The van der Waals surface area contributed by atoms with E-state index in [0.717, 1.165) is 12.1 Å². The summed E-state index contributed by atoms with van der Waals surface area (Å²) in [6.45, 7) is 2.76. The van der Waals surface area contributed by atoms with Crippen molar-refractivity contribution in [2.75, 3.05) is 13.7 Å². The number of nitrogens with one attached hydrogen (secondary N) is 1. The van der Waals surface area contributed by atoms with Crippen LogP contribution in [0.4, 0.5) is 4.39 Å². The maximum absolute atomic E-state index is 14.2. The standard InChI is InChI=1S/C16H19FN2O/c1-3-19-14(11-12-7-9-18-10-8-12)16-13(17)5-4-6-15(16)20-2/h4-10,14,19H,3,11H2,1-2H3. The molecule has 0 saturated carbocycles. The summed E-state index contributed by atoms with van der Waals surface area (Å²) in [6, 6.07) is 8.67. The Morgan fingerprint density at radius 1 is 1.25 bits per heavy atom. The van der Waals surface area contributed by atoms with Gasteiger partial charge in [0.15, 0.2) is 0 Å². The molecule has 0 spiro atoms. The molecule has 0 amide bonds. The fourth-order valence-corrected chi connectivity index (χ4v) is 2.31. The zero-order valence-electron chi connectivity index (χ0n) is 11.8. The molecule has 106 valence electrons. The molecule has 20 heavy (non-hydrogen) atoms. The number of hydrogen-bond donors (Lipinski definition) is 1. The van der Waals surface area contributed by atoms with Gasteiger partial charge in [-0.05, 0) is 42.8 Å². The molecule has 2 rings (SSSR count). The second kappa shape index (κ2) is 7.01. The van der Waals surface area contributed by atoms with Crippen molar-refractivity contribution in [1.82, 2.24) is 10.3 Å². The molecule has 0 bridgehead atoms. The van der Waals surface area contributed by atoms with E-state index in [4.69, 9.17) is 4.74 Å². The molecule has 1 aromatic carbocycles. The first-order chi connectivity index (χ1) is 9.76. The lowest BCUT2D eigenvalue weighted by atomic mass is 9.98. The molecular weight excluding hydrogens is 255 g/mol. The van der Waals surface area contributed by atoms with Gasteiger partial charge in [0.05, 0.1) is 7.11 Å². The van der Waals surface area contributed by atoms with Gasteiger partial charge in [0.25, 0.3) is 0 Å². The molecule has 0 aliphatic heterocycles. The van der Waals surface area contributed by atoms with Crippen LogP contribution in [-0.2, 0) is 6.42 Å². The van der Waals surface area contributed by atoms with Gasteiger partial charge < -0.3 is 10.1 Å². The van der Waals surface area contributed by atoms with E-state index < -0.39 is 0 Å². The normalized spacial score (nSPS) is 12.2. The van der Waals surface area contributed by atoms with E-state index in [1.807, 2.05) is 19.1 Å². The van der Waals surface area contributed by atoms with Crippen LogP contribution in [0.15, 0.2) is 42.7 Å². The highest BCUT2D eigenvalue weighted by Crippen LogP contribution is 2.30. The number of benzene rings is 1. The fraction of sp³-hybridized carbons (Fsp3) is 0.312. The number of nitrogens with zero attached hydrogens (tertiary/aromatic N) is 1. The van der Waals surface area contributed by atoms with Crippen LogP contribution in [0, 0.1) is 5.82 Å². The van der Waals surface area contributed by atoms with Crippen molar-refractivity contribution in [3.05, 3.63) is 59.7 Å². The number of ether oxygens (including phenoxy) is 1. The van der Waals surface area contributed by atoms with Crippen LogP contribution in [0.5, 0.6) is 5.75 Å². The number of likely N-dealkylation sites (N-methyl/N-ethyl adjacent to an activating group) is 1. The van der Waals surface area contributed by atoms with Crippen LogP contribution in [0.3, 0.4) is 0 Å². The first-order valence-corrected chi connectivity index (χ1v) is 6.71. The van der Waals surface area contributed by atoms with E-state index in [9.17, 15) is 4.39 Å². The molecule has 0 radical (unpaired) electrons. The first-order valence-electron chi connectivity index (χ1n) is 6.71. The highest BCUT2D eigenvalue weighted by atomic mass is 19.1. The zero-order chi connectivity index (χ0) is 14.4. The Balaban J connectivity index is 2.33. The second-order valence-corrected chi connectivity index (χ2v) is 4.53. The van der Waals surface area contributed by atoms with Gasteiger partial charge in [-0.3, -0.25) is 4.98 Å². The Morgan fingerprint density at radius 3 is 2.65 bits per heavy atom. The van der Waals surface area contributed by atoms with Gasteiger partial charge in [-0.1, -0.05) is 13.0 Å². The van der Waals surface area contributed by atoms with Gasteiger partial charge in [0.2, 0.25) is 0 Å². The second-order valence-electron chi connectivity index (χ2n) is 4.53. The van der Waals surface area contributed by atoms with Crippen LogP contribution in [0.1, 0.15) is 24.1 Å². The van der Waals surface area contributed by atoms with Crippen molar-refractivity contribution in [3.63, 3.8) is 0 Å². The number of methoxy groups -OCH3 is 1. The molecule has 0 aliphatic carbocycles. The summed E-state index contributed by atoms with van der Waals surface area (Å²) in [7, 11) is 1.56. The summed E-state index contributed by atoms with van der Waals surface area (Å²) in [5, 5.41) is 3.32. The van der Waals surface area contributed by atoms with Gasteiger partial charge in [0, 0.05) is 24.0 Å². The maximum atomic E-state index is 14.2. The van der Waals surface area contributed by atoms with E-state index in [1.165, 1.54) is 6.07 Å². The Hall–Kier alpha value is -1.94. The van der Waals surface area contributed by atoms with Crippen molar-refractivity contribution >= 4 is 0 Å². The zero-order valence-corrected chi connectivity index (χ0v) is 11.8. The molecule has 4 heteroatoms. The molecule has 0 fully saturated rings. The molecule has 1 unspecified atom stereocenters. The molecule has 0 aliphatic rings. The number of halogens is 1. The van der Waals surface area contributed by atoms with Crippen LogP contribution in [0.2, 0.25) is 0 Å². The van der Waals surface area contributed by atoms with Gasteiger partial charge in [0.1, 0.15) is 11.6 Å². The van der Waals surface area contributed by atoms with Crippen molar-refractivity contribution in [3.8, 4) is 5.75 Å². The minimum absolute atomic E-state index is 0.126. The minimum Gasteiger partial charge on any atom is -0.496 e. The minimum atomic E-state index is -0.246. The SMILES string of the molecule is CCNC(Cc1ccncc1)c1c(F)cccc1OC. The average molecular weight is 274 g/mol. The highest BCUT2D eigenvalue weighted by Gasteiger charge is 2.20. The molecule has 0 saturated heterocycles. The monoisotopic (exact) mass is 274 g/mol. The molecule has 2 aromatic rings. The average Bonchev–Trinajstić information content (AvgIpc) is 2.47. The molecule has 1 atom stereocenters. The third-order valence-corrected chi connectivity index (χ3v) is 3.22. The van der Waals surface area contributed by atoms with Crippen molar-refractivity contribution in [1.29, 1.82) is 0 Å². The van der Waals surface area contributed by atoms with Crippen molar-refractivity contribution in [2.24, 2.45) is 0 Å². The van der Waals surface area contributed by atoms with Crippen LogP contribution in [0.25, 0.3) is 0 Å². The van der Waals surface area contributed by atoms with E-state index in [2.05, 4.69) is 10.3 Å². The van der Waals surface area contributed by atoms with Gasteiger partial charge >= 0.3 is 0 Å². The van der Waals surface area contributed by atoms with Crippen molar-refractivity contribution < 1.29 is 9.13 Å². The Kier molecular flexibility index (Phi) is 5.07. The topological polar surface area (TPSA) is 34.2 Å². The molecule has 1 N–H and O–H groups in total. The molecule has 1 aromatic heterocycles. The summed E-state index contributed by atoms with van der Waals surface area (Å²) >= 11 is 0. The van der Waals surface area contributed by atoms with E-state index in [-0.39, 0.29) is 11.9 Å². The largest absolute Gasteiger partial charge is 0.496 e. The fourth-order valence-electron chi connectivity index (χ4n) is 2.31. The van der Waals surface area contributed by atoms with Crippen LogP contribution < -0.4 is 10.1 Å². The Bertz CT molecular complexity index is 545. The lowest BCUT2D eigenvalue weighted by Gasteiger charge is -2.21. The number of pyridine rings is 1. The molecule has 3 nitrogen and oxygen atoms in total. The summed E-state index contributed by atoms with van der Waals surface area (Å²) in [5.74, 6) is 0.328. The summed E-state index contributed by atoms with van der Waals surface area (Å²) < 4.78 is 19.5. The first kappa shape index (κ1) is 14.5. The maximum Gasteiger partial charge on any atom is 0.131 e. The Morgan fingerprint density at radius 2 is 2.00 bits per heavy atom. The third kappa shape index (κ3) is 3.33. The molecular formula is C16H19FN2O. The molecule has 1 heterocycles. The summed E-state index contributed by atoms with van der Waals surface area (Å²) in [6.07, 6.45) is 4.18. The third-order valence-electron chi connectivity index (χ3n) is 3.22. The highest BCUT2D eigenvalue weighted by molar-refractivity contribution is 5.38. The van der Waals surface area contributed by atoms with E-state index in [1.54, 1.807) is 31.6 Å². The number of hydrogen-bond acceptors (Lipinski definition) is 3. The van der Waals surface area contributed by atoms with Crippen molar-refractivity contribution in [2.45, 2.75) is 19.4 Å². The lowest BCUT2D eigenvalue weighted by Crippen LogP contribution is -2.24. The number of aromatic nitrogens is 1. The van der Waals surface area contributed by atoms with E-state index in [0.29, 0.717) is 17.7 Å². The number of rotatable bonds is 6. The predicted molar refractivity (Wildman–Crippen MR) is 77.3 cm³/mol. The quantitative estimate of drug-likeness (QED) is 0.878. The summed E-state index contributed by atoms with van der Waals surface area (Å²) in [5.41, 5.74) is 1.69. The predicted octanol–water partition coefficient (Wildman–Crippen LogP) is 3.12. The van der Waals surface area contributed by atoms with Crippen LogP contribution in [-0.4, -0.2) is 18.6 Å². The van der Waals surface area contributed by atoms with Crippen LogP contribution >= 0.6 is 0 Å². The Labute approximate surface area is 118 Å². The van der Waals surface area contributed by atoms with E-state index >= 15 is 0 Å². The smallest absolute Gasteiger partial charge is 0.131 e. The van der Waals surface area contributed by atoms with Gasteiger partial charge in [-0.15, -0.1) is 0 Å².